The molecule has 0 saturated heterocycles. The summed E-state index contributed by atoms with van der Waals surface area (Å²) in [6.45, 7) is 1.51. The Hall–Kier alpha value is -1.62. The van der Waals surface area contributed by atoms with Crippen LogP contribution in [0.1, 0.15) is 12.5 Å². The van der Waals surface area contributed by atoms with E-state index in [1.165, 1.54) is 32.2 Å². The number of nitrogens with one attached hydrogen (secondary N) is 1. The van der Waals surface area contributed by atoms with Gasteiger partial charge in [-0.15, -0.1) is 11.6 Å². The molecule has 0 saturated carbocycles. The summed E-state index contributed by atoms with van der Waals surface area (Å²) in [6.07, 6.45) is 0.111. The van der Waals surface area contributed by atoms with Crippen LogP contribution in [0, 0.1) is 5.82 Å². The largest absolute Gasteiger partial charge is 0.467 e. The van der Waals surface area contributed by atoms with E-state index in [2.05, 4.69) is 10.1 Å². The second-order valence-corrected chi connectivity index (χ2v) is 4.58. The predicted octanol–water partition coefficient (Wildman–Crippen LogP) is 1.65. The van der Waals surface area contributed by atoms with E-state index in [-0.39, 0.29) is 12.3 Å². The van der Waals surface area contributed by atoms with E-state index in [1.807, 2.05) is 0 Å². The topological polar surface area (TPSA) is 55.4 Å². The highest BCUT2D eigenvalue weighted by Gasteiger charge is 2.36. The highest BCUT2D eigenvalue weighted by molar-refractivity contribution is 6.27. The molecule has 1 rings (SSSR count). The number of amides is 1. The fourth-order valence-electron chi connectivity index (χ4n) is 1.79. The van der Waals surface area contributed by atoms with Gasteiger partial charge in [0.1, 0.15) is 17.2 Å². The number of carbonyl (C=O) groups is 2. The Kier molecular flexibility index (Phi) is 5.30. The lowest BCUT2D eigenvalue weighted by atomic mass is 9.92. The lowest BCUT2D eigenvalue weighted by molar-refractivity contribution is -0.149. The molecule has 1 unspecified atom stereocenters. The van der Waals surface area contributed by atoms with Crippen LogP contribution in [0.15, 0.2) is 24.3 Å². The minimum atomic E-state index is -1.28. The van der Waals surface area contributed by atoms with Gasteiger partial charge >= 0.3 is 5.97 Å². The van der Waals surface area contributed by atoms with Crippen molar-refractivity contribution in [2.75, 3.05) is 13.0 Å². The molecule has 0 spiro atoms. The average Bonchev–Trinajstić information content (AvgIpc) is 2.37. The van der Waals surface area contributed by atoms with E-state index >= 15 is 0 Å². The molecule has 0 aliphatic carbocycles. The minimum absolute atomic E-state index is 0.111. The van der Waals surface area contributed by atoms with Gasteiger partial charge in [-0.1, -0.05) is 12.1 Å². The highest BCUT2D eigenvalue weighted by Crippen LogP contribution is 2.16. The van der Waals surface area contributed by atoms with Gasteiger partial charge in [-0.05, 0) is 24.6 Å². The molecule has 1 aromatic carbocycles. The summed E-state index contributed by atoms with van der Waals surface area (Å²) in [7, 11) is 1.22. The first-order valence-electron chi connectivity index (χ1n) is 5.61. The zero-order valence-corrected chi connectivity index (χ0v) is 11.5. The summed E-state index contributed by atoms with van der Waals surface area (Å²) >= 11 is 5.41. The average molecular weight is 288 g/mol. The number of halogens is 2. The number of carbonyl (C=O) groups excluding carboxylic acids is 2. The van der Waals surface area contributed by atoms with Gasteiger partial charge in [0.05, 0.1) is 7.11 Å². The number of esters is 1. The van der Waals surface area contributed by atoms with Crippen LogP contribution in [-0.4, -0.2) is 30.4 Å². The lowest BCUT2D eigenvalue weighted by Gasteiger charge is -2.27. The number of alkyl halides is 1. The molecule has 1 aromatic rings. The molecule has 1 N–H and O–H groups in total. The van der Waals surface area contributed by atoms with E-state index in [9.17, 15) is 14.0 Å². The minimum Gasteiger partial charge on any atom is -0.467 e. The van der Waals surface area contributed by atoms with E-state index in [1.54, 1.807) is 6.07 Å². The first kappa shape index (κ1) is 15.4. The van der Waals surface area contributed by atoms with Crippen LogP contribution in [0.25, 0.3) is 0 Å². The molecule has 0 heterocycles. The van der Waals surface area contributed by atoms with E-state index in [0.717, 1.165) is 0 Å². The van der Waals surface area contributed by atoms with Gasteiger partial charge in [0, 0.05) is 6.42 Å². The number of rotatable bonds is 5. The van der Waals surface area contributed by atoms with Crippen LogP contribution in [0.2, 0.25) is 0 Å². The van der Waals surface area contributed by atoms with Crippen molar-refractivity contribution in [3.05, 3.63) is 35.6 Å². The number of benzene rings is 1. The Morgan fingerprint density at radius 3 is 2.68 bits per heavy atom. The molecule has 0 bridgehead atoms. The van der Waals surface area contributed by atoms with Gasteiger partial charge in [-0.3, -0.25) is 4.79 Å². The molecule has 1 amide bonds. The van der Waals surface area contributed by atoms with Crippen molar-refractivity contribution in [3.8, 4) is 0 Å². The molecule has 6 heteroatoms. The van der Waals surface area contributed by atoms with Gasteiger partial charge in [0.2, 0.25) is 5.91 Å². The molecule has 1 atom stereocenters. The van der Waals surface area contributed by atoms with Gasteiger partial charge in [0.25, 0.3) is 0 Å². The Bertz CT molecular complexity index is 481. The quantitative estimate of drug-likeness (QED) is 0.662. The third kappa shape index (κ3) is 4.21. The molecular weight excluding hydrogens is 273 g/mol. The van der Waals surface area contributed by atoms with E-state index < -0.39 is 23.2 Å². The fourth-order valence-corrected chi connectivity index (χ4v) is 1.86. The maximum atomic E-state index is 13.1. The fraction of sp³-hybridized carbons (Fsp3) is 0.385. The molecular formula is C13H15ClFNO3. The molecule has 19 heavy (non-hydrogen) atoms. The predicted molar refractivity (Wildman–Crippen MR) is 69.4 cm³/mol. The third-order valence-electron chi connectivity index (χ3n) is 2.62. The maximum absolute atomic E-state index is 13.1. The monoisotopic (exact) mass is 287 g/mol. The molecule has 0 radical (unpaired) electrons. The van der Waals surface area contributed by atoms with Crippen LogP contribution in [-0.2, 0) is 20.7 Å². The van der Waals surface area contributed by atoms with Crippen LogP contribution in [0.4, 0.5) is 4.39 Å². The molecule has 4 nitrogen and oxygen atoms in total. The Labute approximate surface area is 115 Å². The second-order valence-electron chi connectivity index (χ2n) is 4.31. The molecule has 0 aliphatic heterocycles. The maximum Gasteiger partial charge on any atom is 0.331 e. The second kappa shape index (κ2) is 6.52. The normalized spacial score (nSPS) is 13.5. The van der Waals surface area contributed by atoms with Gasteiger partial charge in [-0.25, -0.2) is 9.18 Å². The summed E-state index contributed by atoms with van der Waals surface area (Å²) in [4.78, 5) is 23.2. The van der Waals surface area contributed by atoms with Gasteiger partial charge < -0.3 is 10.1 Å². The SMILES string of the molecule is COC(=O)C(C)(Cc1cccc(F)c1)NC(=O)CCl. The summed E-state index contributed by atoms with van der Waals surface area (Å²) in [6, 6.07) is 5.80. The molecule has 0 fully saturated rings. The van der Waals surface area contributed by atoms with Crippen molar-refractivity contribution in [2.24, 2.45) is 0 Å². The van der Waals surface area contributed by atoms with Crippen molar-refractivity contribution < 1.29 is 18.7 Å². The first-order chi connectivity index (χ1) is 8.91. The third-order valence-corrected chi connectivity index (χ3v) is 2.86. The Morgan fingerprint density at radius 2 is 2.16 bits per heavy atom. The zero-order chi connectivity index (χ0) is 14.5. The van der Waals surface area contributed by atoms with E-state index in [4.69, 9.17) is 11.6 Å². The standard InChI is InChI=1S/C13H15ClFNO3/c1-13(12(18)19-2,16-11(17)8-14)7-9-4-3-5-10(15)6-9/h3-6H,7-8H2,1-2H3,(H,16,17). The van der Waals surface area contributed by atoms with Gasteiger partial charge in [0.15, 0.2) is 0 Å². The molecule has 0 aromatic heterocycles. The Balaban J connectivity index is 2.97. The van der Waals surface area contributed by atoms with Crippen molar-refractivity contribution in [1.29, 1.82) is 0 Å². The Morgan fingerprint density at radius 1 is 1.47 bits per heavy atom. The van der Waals surface area contributed by atoms with Crippen molar-refractivity contribution in [3.63, 3.8) is 0 Å². The lowest BCUT2D eigenvalue weighted by Crippen LogP contribution is -2.54. The summed E-state index contributed by atoms with van der Waals surface area (Å²) in [5.74, 6) is -1.79. The van der Waals surface area contributed by atoms with Crippen LogP contribution >= 0.6 is 11.6 Å². The van der Waals surface area contributed by atoms with E-state index in [0.29, 0.717) is 5.56 Å². The number of methoxy groups -OCH3 is 1. The number of hydrogen-bond acceptors (Lipinski definition) is 3. The highest BCUT2D eigenvalue weighted by atomic mass is 35.5. The first-order valence-corrected chi connectivity index (χ1v) is 6.14. The molecule has 104 valence electrons. The molecule has 0 aliphatic rings. The van der Waals surface area contributed by atoms with Crippen molar-refractivity contribution in [1.82, 2.24) is 5.32 Å². The van der Waals surface area contributed by atoms with Crippen molar-refractivity contribution >= 4 is 23.5 Å². The summed E-state index contributed by atoms with van der Waals surface area (Å²) in [5.41, 5.74) is -0.711. The van der Waals surface area contributed by atoms with Crippen molar-refractivity contribution in [2.45, 2.75) is 18.9 Å². The smallest absolute Gasteiger partial charge is 0.331 e. The summed E-state index contributed by atoms with van der Waals surface area (Å²) in [5, 5.41) is 2.49. The number of ether oxygens (including phenoxy) is 1. The zero-order valence-electron chi connectivity index (χ0n) is 10.7. The van der Waals surface area contributed by atoms with Gasteiger partial charge in [-0.2, -0.15) is 0 Å². The summed E-state index contributed by atoms with van der Waals surface area (Å²) < 4.78 is 17.8. The van der Waals surface area contributed by atoms with Crippen LogP contribution < -0.4 is 5.32 Å². The number of hydrogen-bond donors (Lipinski definition) is 1. The van der Waals surface area contributed by atoms with Crippen LogP contribution in [0.5, 0.6) is 0 Å². The van der Waals surface area contributed by atoms with Crippen LogP contribution in [0.3, 0.4) is 0 Å².